The molecule has 0 aliphatic heterocycles. The number of nitrogens with zero attached hydrogens (tertiary/aromatic N) is 1. The maximum Gasteiger partial charge on any atom is 0.244 e. The summed E-state index contributed by atoms with van der Waals surface area (Å²) in [5.74, 6) is 0. The minimum atomic E-state index is -3.55. The van der Waals surface area contributed by atoms with Gasteiger partial charge in [-0.1, -0.05) is 43.5 Å². The van der Waals surface area contributed by atoms with Gasteiger partial charge in [0.05, 0.1) is 5.02 Å². The van der Waals surface area contributed by atoms with Gasteiger partial charge in [0.15, 0.2) is 0 Å². The average molecular weight is 406 g/mol. The minimum absolute atomic E-state index is 0.123. The molecule has 0 saturated carbocycles. The molecule has 17 heavy (non-hydrogen) atoms. The van der Waals surface area contributed by atoms with Crippen LogP contribution in [0.1, 0.15) is 6.92 Å². The van der Waals surface area contributed by atoms with Crippen molar-refractivity contribution in [3.05, 3.63) is 27.7 Å². The maximum atomic E-state index is 12.3. The third-order valence-electron chi connectivity index (χ3n) is 2.39. The number of hydrogen-bond donors (Lipinski definition) is 0. The van der Waals surface area contributed by atoms with Gasteiger partial charge in [-0.15, -0.1) is 0 Å². The fraction of sp³-hybridized carbons (Fsp3) is 0.400. The van der Waals surface area contributed by atoms with E-state index >= 15 is 0 Å². The number of halogens is 3. The summed E-state index contributed by atoms with van der Waals surface area (Å²) in [7, 11) is -2.01. The Balaban J connectivity index is 3.22. The molecule has 1 aromatic carbocycles. The first kappa shape index (κ1) is 15.4. The summed E-state index contributed by atoms with van der Waals surface area (Å²) in [6, 6.07) is 4.59. The zero-order valence-corrected chi connectivity index (χ0v) is 14.1. The van der Waals surface area contributed by atoms with Gasteiger partial charge in [0.25, 0.3) is 0 Å². The normalized spacial score (nSPS) is 14.0. The van der Waals surface area contributed by atoms with Gasteiger partial charge in [-0.25, -0.2) is 8.42 Å². The van der Waals surface area contributed by atoms with Crippen LogP contribution in [-0.2, 0) is 10.0 Å². The second-order valence-electron chi connectivity index (χ2n) is 3.60. The summed E-state index contributed by atoms with van der Waals surface area (Å²) in [6.07, 6.45) is 0. The smallest absolute Gasteiger partial charge is 0.207 e. The summed E-state index contributed by atoms with van der Waals surface area (Å²) in [4.78, 5) is 0.123. The van der Waals surface area contributed by atoms with E-state index in [1.54, 1.807) is 19.2 Å². The van der Waals surface area contributed by atoms with Crippen molar-refractivity contribution in [2.75, 3.05) is 12.4 Å². The SMILES string of the molecule is CC(CBr)N(C)S(=O)(=O)c1ccc(Br)cc1Cl. The predicted molar refractivity (Wildman–Crippen MR) is 77.4 cm³/mol. The van der Waals surface area contributed by atoms with Crippen LogP contribution in [0.2, 0.25) is 5.02 Å². The molecule has 0 bridgehead atoms. The number of rotatable bonds is 4. The van der Waals surface area contributed by atoms with Crippen LogP contribution in [-0.4, -0.2) is 31.1 Å². The lowest BCUT2D eigenvalue weighted by atomic mass is 10.4. The molecule has 1 atom stereocenters. The lowest BCUT2D eigenvalue weighted by molar-refractivity contribution is 0.416. The molecule has 3 nitrogen and oxygen atoms in total. The van der Waals surface area contributed by atoms with Crippen LogP contribution >= 0.6 is 43.5 Å². The molecule has 0 aliphatic carbocycles. The third-order valence-corrected chi connectivity index (χ3v) is 6.28. The summed E-state index contributed by atoms with van der Waals surface area (Å²) in [5, 5.41) is 0.782. The molecule has 0 amide bonds. The average Bonchev–Trinajstić information content (AvgIpc) is 2.26. The van der Waals surface area contributed by atoms with Gasteiger partial charge in [0, 0.05) is 22.9 Å². The molecule has 0 saturated heterocycles. The Morgan fingerprint density at radius 2 is 2.06 bits per heavy atom. The van der Waals surface area contributed by atoms with Gasteiger partial charge in [-0.2, -0.15) is 4.31 Å². The molecule has 7 heteroatoms. The second-order valence-corrected chi connectivity index (χ2v) is 7.54. The van der Waals surface area contributed by atoms with Crippen LogP contribution in [0, 0.1) is 0 Å². The molecule has 0 fully saturated rings. The molecular formula is C10H12Br2ClNO2S. The van der Waals surface area contributed by atoms with E-state index in [2.05, 4.69) is 31.9 Å². The van der Waals surface area contributed by atoms with Gasteiger partial charge in [-0.3, -0.25) is 0 Å². The van der Waals surface area contributed by atoms with Crippen molar-refractivity contribution in [2.45, 2.75) is 17.9 Å². The van der Waals surface area contributed by atoms with Crippen LogP contribution in [0.4, 0.5) is 0 Å². The largest absolute Gasteiger partial charge is 0.244 e. The Hall–Kier alpha value is 0.380. The molecule has 1 unspecified atom stereocenters. The monoisotopic (exact) mass is 403 g/mol. The second kappa shape index (κ2) is 6.02. The van der Waals surface area contributed by atoms with Crippen LogP contribution in [0.15, 0.2) is 27.6 Å². The molecule has 0 spiro atoms. The van der Waals surface area contributed by atoms with Crippen LogP contribution in [0.25, 0.3) is 0 Å². The van der Waals surface area contributed by atoms with Crippen LogP contribution in [0.5, 0.6) is 0 Å². The van der Waals surface area contributed by atoms with E-state index in [0.717, 1.165) is 4.47 Å². The molecule has 0 aliphatic rings. The lowest BCUT2D eigenvalue weighted by Crippen LogP contribution is -2.36. The fourth-order valence-corrected chi connectivity index (χ4v) is 4.17. The van der Waals surface area contributed by atoms with E-state index in [1.807, 2.05) is 6.92 Å². The highest BCUT2D eigenvalue weighted by molar-refractivity contribution is 9.10. The van der Waals surface area contributed by atoms with E-state index in [1.165, 1.54) is 10.4 Å². The van der Waals surface area contributed by atoms with Crippen LogP contribution < -0.4 is 0 Å². The Morgan fingerprint density at radius 3 is 2.53 bits per heavy atom. The molecule has 1 aromatic rings. The standard InChI is InChI=1S/C10H12Br2ClNO2S/c1-7(6-11)14(2)17(15,16)10-4-3-8(12)5-9(10)13/h3-5,7H,6H2,1-2H3. The molecule has 1 rings (SSSR count). The Labute approximate surface area is 123 Å². The van der Waals surface area contributed by atoms with Crippen molar-refractivity contribution in [2.24, 2.45) is 0 Å². The molecule has 0 radical (unpaired) electrons. The van der Waals surface area contributed by atoms with E-state index in [9.17, 15) is 8.42 Å². The Morgan fingerprint density at radius 1 is 1.47 bits per heavy atom. The van der Waals surface area contributed by atoms with E-state index < -0.39 is 10.0 Å². The highest BCUT2D eigenvalue weighted by Gasteiger charge is 2.26. The van der Waals surface area contributed by atoms with Crippen molar-refractivity contribution in [1.29, 1.82) is 0 Å². The summed E-state index contributed by atoms with van der Waals surface area (Å²) in [6.45, 7) is 1.82. The number of hydrogen-bond acceptors (Lipinski definition) is 2. The number of benzene rings is 1. The van der Waals surface area contributed by atoms with Crippen molar-refractivity contribution in [3.8, 4) is 0 Å². The molecular weight excluding hydrogens is 393 g/mol. The van der Waals surface area contributed by atoms with Gasteiger partial charge in [0.1, 0.15) is 4.90 Å². The lowest BCUT2D eigenvalue weighted by Gasteiger charge is -2.23. The first-order chi connectivity index (χ1) is 7.80. The first-order valence-electron chi connectivity index (χ1n) is 4.79. The quantitative estimate of drug-likeness (QED) is 0.719. The predicted octanol–water partition coefficient (Wildman–Crippen LogP) is 3.51. The van der Waals surface area contributed by atoms with Crippen LogP contribution in [0.3, 0.4) is 0 Å². The van der Waals surface area contributed by atoms with Gasteiger partial charge in [0.2, 0.25) is 10.0 Å². The van der Waals surface area contributed by atoms with Gasteiger partial charge >= 0.3 is 0 Å². The van der Waals surface area contributed by atoms with E-state index in [-0.39, 0.29) is 16.0 Å². The van der Waals surface area contributed by atoms with Crippen molar-refractivity contribution >= 4 is 53.5 Å². The Bertz CT molecular complexity index is 507. The fourth-order valence-electron chi connectivity index (χ4n) is 1.17. The zero-order valence-electron chi connectivity index (χ0n) is 9.32. The van der Waals surface area contributed by atoms with Gasteiger partial charge < -0.3 is 0 Å². The highest BCUT2D eigenvalue weighted by Crippen LogP contribution is 2.28. The maximum absolute atomic E-state index is 12.3. The molecule has 96 valence electrons. The highest BCUT2D eigenvalue weighted by atomic mass is 79.9. The molecule has 0 N–H and O–H groups in total. The molecule has 0 aromatic heterocycles. The number of sulfonamides is 1. The Kier molecular flexibility index (Phi) is 5.46. The van der Waals surface area contributed by atoms with E-state index in [4.69, 9.17) is 11.6 Å². The van der Waals surface area contributed by atoms with Gasteiger partial charge in [-0.05, 0) is 25.1 Å². The third kappa shape index (κ3) is 3.44. The topological polar surface area (TPSA) is 37.4 Å². The first-order valence-corrected chi connectivity index (χ1v) is 8.53. The van der Waals surface area contributed by atoms with Crippen molar-refractivity contribution in [3.63, 3.8) is 0 Å². The summed E-state index contributed by atoms with van der Waals surface area (Å²) in [5.41, 5.74) is 0. The van der Waals surface area contributed by atoms with E-state index in [0.29, 0.717) is 5.33 Å². The molecule has 0 heterocycles. The summed E-state index contributed by atoms with van der Waals surface area (Å²) >= 11 is 12.5. The van der Waals surface area contributed by atoms with Crippen molar-refractivity contribution in [1.82, 2.24) is 4.31 Å². The van der Waals surface area contributed by atoms with Crippen molar-refractivity contribution < 1.29 is 8.42 Å². The summed E-state index contributed by atoms with van der Waals surface area (Å²) < 4.78 is 26.6. The number of alkyl halides is 1. The zero-order chi connectivity index (χ0) is 13.2. The minimum Gasteiger partial charge on any atom is -0.207 e.